The first-order valence-electron chi connectivity index (χ1n) is 10.7. The third kappa shape index (κ3) is 6.95. The van der Waals surface area contributed by atoms with Gasteiger partial charge in [-0.05, 0) is 49.2 Å². The lowest BCUT2D eigenvalue weighted by molar-refractivity contribution is -0.150. The lowest BCUT2D eigenvalue weighted by Gasteiger charge is -2.26. The fourth-order valence-electron chi connectivity index (χ4n) is 3.57. The maximum absolute atomic E-state index is 12.4. The van der Waals surface area contributed by atoms with Crippen LogP contribution in [0.25, 0.3) is 20.9 Å². The Balaban J connectivity index is 1.76. The molecule has 0 N–H and O–H groups in total. The van der Waals surface area contributed by atoms with E-state index in [1.165, 1.54) is 0 Å². The van der Waals surface area contributed by atoms with Crippen LogP contribution in [0.1, 0.15) is 34.6 Å². The molecule has 0 aromatic heterocycles. The molecule has 182 valence electrons. The van der Waals surface area contributed by atoms with Gasteiger partial charge in [-0.2, -0.15) is 0 Å². The Hall–Kier alpha value is -4.08. The first-order valence-corrected chi connectivity index (χ1v) is 10.7. The monoisotopic (exact) mass is 480 g/mol. The van der Waals surface area contributed by atoms with Gasteiger partial charge in [0.2, 0.25) is 0 Å². The average molecular weight is 480 g/mol. The van der Waals surface area contributed by atoms with Gasteiger partial charge in [0, 0.05) is 9.82 Å². The summed E-state index contributed by atoms with van der Waals surface area (Å²) >= 11 is 0. The smallest absolute Gasteiger partial charge is 0.338 e. The van der Waals surface area contributed by atoms with Crippen LogP contribution in [0.3, 0.4) is 0 Å². The summed E-state index contributed by atoms with van der Waals surface area (Å²) in [6, 6.07) is 14.6. The van der Waals surface area contributed by atoms with Crippen LogP contribution in [0.15, 0.2) is 70.9 Å². The van der Waals surface area contributed by atoms with Crippen LogP contribution < -0.4 is 0 Å². The van der Waals surface area contributed by atoms with E-state index in [2.05, 4.69) is 20.1 Å². The van der Waals surface area contributed by atoms with Crippen LogP contribution in [0.5, 0.6) is 0 Å². The molecule has 35 heavy (non-hydrogen) atoms. The third-order valence-electron chi connectivity index (χ3n) is 5.11. The molecular weight excluding hydrogens is 456 g/mol. The van der Waals surface area contributed by atoms with E-state index < -0.39 is 42.0 Å². The predicted octanol–water partition coefficient (Wildman–Crippen LogP) is 4.58. The Morgan fingerprint density at radius 2 is 1.20 bits per heavy atom. The number of carbonyl (C=O) groups excluding carboxylic acids is 2. The molecule has 0 unspecified atom stereocenters. The van der Waals surface area contributed by atoms with Crippen molar-refractivity contribution in [1.82, 2.24) is 0 Å². The number of esters is 2. The number of rotatable bonds is 10. The summed E-state index contributed by atoms with van der Waals surface area (Å²) in [5.41, 5.74) is 18.9. The molecule has 0 saturated carbocycles. The molecule has 2 aromatic rings. The van der Waals surface area contributed by atoms with Gasteiger partial charge in [-0.15, -0.1) is 0 Å². The summed E-state index contributed by atoms with van der Waals surface area (Å²) in [4.78, 5) is 30.4. The molecule has 0 spiro atoms. The van der Waals surface area contributed by atoms with E-state index in [1.54, 1.807) is 74.5 Å². The fourth-order valence-corrected chi connectivity index (χ4v) is 3.57. The van der Waals surface area contributed by atoms with E-state index in [0.29, 0.717) is 11.1 Å². The van der Waals surface area contributed by atoms with E-state index >= 15 is 0 Å². The molecule has 12 nitrogen and oxygen atoms in total. The van der Waals surface area contributed by atoms with E-state index in [4.69, 9.17) is 30.0 Å². The van der Waals surface area contributed by atoms with Gasteiger partial charge in [-0.25, -0.2) is 9.59 Å². The van der Waals surface area contributed by atoms with Gasteiger partial charge in [0.15, 0.2) is 5.79 Å². The minimum Gasteiger partial charge on any atom is -0.462 e. The summed E-state index contributed by atoms with van der Waals surface area (Å²) in [6.07, 6.45) is -1.93. The summed E-state index contributed by atoms with van der Waals surface area (Å²) < 4.78 is 22.5. The summed E-state index contributed by atoms with van der Waals surface area (Å²) in [5.74, 6) is -2.36. The minimum atomic E-state index is -1.14. The van der Waals surface area contributed by atoms with Gasteiger partial charge in [-0.3, -0.25) is 0 Å². The highest BCUT2D eigenvalue weighted by atomic mass is 16.8. The highest BCUT2D eigenvalue weighted by Gasteiger charge is 2.48. The molecule has 0 aliphatic carbocycles. The Bertz CT molecular complexity index is 1030. The van der Waals surface area contributed by atoms with Crippen molar-refractivity contribution in [3.63, 3.8) is 0 Å². The topological polar surface area (TPSA) is 169 Å². The molecule has 1 aliphatic heterocycles. The first-order chi connectivity index (χ1) is 16.8. The Morgan fingerprint density at radius 1 is 0.829 bits per heavy atom. The molecular formula is C23H24N6O6. The standard InChI is InChI=1S/C23H24N6O6/c1-23(2)34-19(17(26-28-24)13-32-21(30)15-9-5-3-6-10-15)20(35-23)18(27-29-25)14-33-22(31)16-11-7-4-8-12-16/h3-12,17-20H,13-14H2,1-2H3/t17-,18-,19+,20+/m0/s1. The van der Waals surface area contributed by atoms with Crippen LogP contribution >= 0.6 is 0 Å². The predicted molar refractivity (Wildman–Crippen MR) is 123 cm³/mol. The molecule has 4 atom stereocenters. The van der Waals surface area contributed by atoms with Crippen LogP contribution in [0.4, 0.5) is 0 Å². The second-order valence-electron chi connectivity index (χ2n) is 8.04. The van der Waals surface area contributed by atoms with Crippen molar-refractivity contribution in [2.24, 2.45) is 10.2 Å². The van der Waals surface area contributed by atoms with Gasteiger partial charge >= 0.3 is 11.9 Å². The second kappa shape index (κ2) is 11.9. The van der Waals surface area contributed by atoms with Crippen LogP contribution in [0.2, 0.25) is 0 Å². The Morgan fingerprint density at radius 3 is 1.54 bits per heavy atom. The van der Waals surface area contributed by atoms with Crippen molar-refractivity contribution >= 4 is 11.9 Å². The number of nitrogens with zero attached hydrogens (tertiary/aromatic N) is 6. The number of benzene rings is 2. The molecule has 1 saturated heterocycles. The van der Waals surface area contributed by atoms with E-state index in [1.807, 2.05) is 0 Å². The highest BCUT2D eigenvalue weighted by Crippen LogP contribution is 2.34. The first kappa shape index (κ1) is 25.5. The zero-order valence-corrected chi connectivity index (χ0v) is 19.1. The zero-order chi connectivity index (χ0) is 25.3. The summed E-state index contributed by atoms with van der Waals surface area (Å²) in [7, 11) is 0. The van der Waals surface area contributed by atoms with Crippen molar-refractivity contribution in [2.45, 2.75) is 43.9 Å². The molecule has 0 bridgehead atoms. The van der Waals surface area contributed by atoms with Crippen molar-refractivity contribution in [2.75, 3.05) is 13.2 Å². The van der Waals surface area contributed by atoms with E-state index in [-0.39, 0.29) is 13.2 Å². The largest absolute Gasteiger partial charge is 0.462 e. The molecule has 1 aliphatic rings. The quantitative estimate of drug-likeness (QED) is 0.209. The van der Waals surface area contributed by atoms with Crippen molar-refractivity contribution < 1.29 is 28.5 Å². The molecule has 0 radical (unpaired) electrons. The maximum Gasteiger partial charge on any atom is 0.338 e. The Kier molecular flexibility index (Phi) is 8.66. The van der Waals surface area contributed by atoms with Gasteiger partial charge in [0.25, 0.3) is 0 Å². The van der Waals surface area contributed by atoms with E-state index in [0.717, 1.165) is 0 Å². The normalized spacial score (nSPS) is 19.9. The summed E-state index contributed by atoms with van der Waals surface area (Å²) in [6.45, 7) is 2.63. The van der Waals surface area contributed by atoms with E-state index in [9.17, 15) is 9.59 Å². The molecule has 0 amide bonds. The number of azide groups is 2. The second-order valence-corrected chi connectivity index (χ2v) is 8.04. The molecule has 1 fully saturated rings. The minimum absolute atomic E-state index is 0.314. The maximum atomic E-state index is 12.4. The molecule has 12 heteroatoms. The van der Waals surface area contributed by atoms with Gasteiger partial charge in [-0.1, -0.05) is 46.6 Å². The number of hydrogen-bond acceptors (Lipinski definition) is 8. The fraction of sp³-hybridized carbons (Fsp3) is 0.391. The highest BCUT2D eigenvalue weighted by molar-refractivity contribution is 5.89. The van der Waals surface area contributed by atoms with Gasteiger partial charge < -0.3 is 18.9 Å². The SMILES string of the molecule is CC1(C)O[C@H]([C@H](COC(=O)c2ccccc2)N=[N+]=[N-])[C@@H]([C@H](COC(=O)c2ccccc2)N=[N+]=[N-])O1. The summed E-state index contributed by atoms with van der Waals surface area (Å²) in [5, 5.41) is 7.46. The Labute approximate surface area is 201 Å². The number of carbonyl (C=O) groups is 2. The van der Waals surface area contributed by atoms with Gasteiger partial charge in [0.1, 0.15) is 25.3 Å². The number of hydrogen-bond donors (Lipinski definition) is 0. The van der Waals surface area contributed by atoms with Crippen LogP contribution in [0, 0.1) is 0 Å². The number of ether oxygens (including phenoxy) is 4. The van der Waals surface area contributed by atoms with Crippen molar-refractivity contribution in [3.05, 3.63) is 92.7 Å². The molecule has 3 rings (SSSR count). The molecule has 1 heterocycles. The van der Waals surface area contributed by atoms with Crippen LogP contribution in [-0.2, 0) is 18.9 Å². The van der Waals surface area contributed by atoms with Crippen LogP contribution in [-0.4, -0.2) is 55.2 Å². The lowest BCUT2D eigenvalue weighted by Crippen LogP contribution is -2.44. The molecule has 2 aromatic carbocycles. The van der Waals surface area contributed by atoms with Crippen molar-refractivity contribution in [3.8, 4) is 0 Å². The third-order valence-corrected chi connectivity index (χ3v) is 5.11. The zero-order valence-electron chi connectivity index (χ0n) is 19.1. The lowest BCUT2D eigenvalue weighted by atomic mass is 10.0. The average Bonchev–Trinajstić information content (AvgIpc) is 3.20. The van der Waals surface area contributed by atoms with Crippen molar-refractivity contribution in [1.29, 1.82) is 0 Å². The van der Waals surface area contributed by atoms with Gasteiger partial charge in [0.05, 0.1) is 23.3 Å².